The fourth-order valence-corrected chi connectivity index (χ4v) is 3.15. The highest BCUT2D eigenvalue weighted by molar-refractivity contribution is 6.04. The molecule has 0 saturated carbocycles. The molecule has 0 bridgehead atoms. The molecule has 0 atom stereocenters. The molecule has 0 radical (unpaired) electrons. The van der Waals surface area contributed by atoms with Gasteiger partial charge in [-0.1, -0.05) is 26.0 Å². The van der Waals surface area contributed by atoms with Crippen molar-refractivity contribution in [1.29, 1.82) is 0 Å². The zero-order chi connectivity index (χ0) is 19.4. The summed E-state index contributed by atoms with van der Waals surface area (Å²) >= 11 is 0. The first kappa shape index (κ1) is 18.9. The molecule has 2 aromatic rings. The standard InChI is InChI=1S/C21H24FN3O2/c1-15(2)21(27)25-13-11-24(12-14-25)17-9-7-16(8-10-17)23-20(26)18-5-3-4-6-19(18)22/h3-10,15H,11-14H2,1-2H3,(H,23,26). The minimum absolute atomic E-state index is 0.0209. The number of carbonyl (C=O) groups excluding carboxylic acids is 2. The van der Waals surface area contributed by atoms with Crippen LogP contribution in [0.3, 0.4) is 0 Å². The van der Waals surface area contributed by atoms with Crippen LogP contribution in [0.4, 0.5) is 15.8 Å². The predicted octanol–water partition coefficient (Wildman–Crippen LogP) is 3.38. The Morgan fingerprint density at radius 2 is 1.59 bits per heavy atom. The lowest BCUT2D eigenvalue weighted by Crippen LogP contribution is -2.49. The molecule has 1 N–H and O–H groups in total. The molecule has 2 aromatic carbocycles. The van der Waals surface area contributed by atoms with E-state index in [-0.39, 0.29) is 17.4 Å². The van der Waals surface area contributed by atoms with Crippen LogP contribution < -0.4 is 10.2 Å². The molecule has 1 saturated heterocycles. The fourth-order valence-electron chi connectivity index (χ4n) is 3.15. The maximum Gasteiger partial charge on any atom is 0.258 e. The molecule has 2 amide bonds. The smallest absolute Gasteiger partial charge is 0.258 e. The van der Waals surface area contributed by atoms with Crippen LogP contribution in [-0.2, 0) is 4.79 Å². The van der Waals surface area contributed by atoms with Gasteiger partial charge in [0.2, 0.25) is 5.91 Å². The highest BCUT2D eigenvalue weighted by Gasteiger charge is 2.23. The molecule has 5 nitrogen and oxygen atoms in total. The third-order valence-corrected chi connectivity index (χ3v) is 4.69. The first-order chi connectivity index (χ1) is 13.0. The molecule has 0 aliphatic carbocycles. The summed E-state index contributed by atoms with van der Waals surface area (Å²) in [6, 6.07) is 13.4. The summed E-state index contributed by atoms with van der Waals surface area (Å²) in [6.45, 7) is 6.82. The average molecular weight is 369 g/mol. The Kier molecular flexibility index (Phi) is 5.74. The summed E-state index contributed by atoms with van der Waals surface area (Å²) in [5, 5.41) is 2.71. The van der Waals surface area contributed by atoms with Gasteiger partial charge in [0.1, 0.15) is 5.82 Å². The van der Waals surface area contributed by atoms with E-state index in [1.54, 1.807) is 24.3 Å². The Hall–Kier alpha value is -2.89. The molecule has 27 heavy (non-hydrogen) atoms. The van der Waals surface area contributed by atoms with E-state index in [1.165, 1.54) is 12.1 Å². The van der Waals surface area contributed by atoms with Gasteiger partial charge in [0.05, 0.1) is 5.56 Å². The fraction of sp³-hybridized carbons (Fsp3) is 0.333. The van der Waals surface area contributed by atoms with Crippen LogP contribution in [0.15, 0.2) is 48.5 Å². The Balaban J connectivity index is 1.59. The minimum atomic E-state index is -0.541. The zero-order valence-electron chi connectivity index (χ0n) is 15.6. The molecule has 0 aromatic heterocycles. The number of nitrogens with one attached hydrogen (secondary N) is 1. The van der Waals surface area contributed by atoms with E-state index in [4.69, 9.17) is 0 Å². The second kappa shape index (κ2) is 8.20. The van der Waals surface area contributed by atoms with E-state index < -0.39 is 11.7 Å². The molecule has 3 rings (SSSR count). The van der Waals surface area contributed by atoms with E-state index in [2.05, 4.69) is 10.2 Å². The highest BCUT2D eigenvalue weighted by Crippen LogP contribution is 2.21. The molecule has 0 unspecified atom stereocenters. The molecule has 1 fully saturated rings. The van der Waals surface area contributed by atoms with Crippen LogP contribution in [0.25, 0.3) is 0 Å². The summed E-state index contributed by atoms with van der Waals surface area (Å²) in [6.07, 6.45) is 0. The number of rotatable bonds is 4. The Morgan fingerprint density at radius 3 is 2.19 bits per heavy atom. The quantitative estimate of drug-likeness (QED) is 0.899. The first-order valence-corrected chi connectivity index (χ1v) is 9.15. The molecular weight excluding hydrogens is 345 g/mol. The second-order valence-corrected chi connectivity index (χ2v) is 6.95. The number of piperazine rings is 1. The van der Waals surface area contributed by atoms with E-state index in [1.807, 2.05) is 30.9 Å². The van der Waals surface area contributed by atoms with Gasteiger partial charge in [-0.25, -0.2) is 4.39 Å². The predicted molar refractivity (Wildman–Crippen MR) is 104 cm³/mol. The van der Waals surface area contributed by atoms with Crippen molar-refractivity contribution in [2.75, 3.05) is 36.4 Å². The number of carbonyl (C=O) groups is 2. The van der Waals surface area contributed by atoms with E-state index in [0.717, 1.165) is 18.8 Å². The summed E-state index contributed by atoms with van der Waals surface area (Å²) in [5.74, 6) is -0.795. The van der Waals surface area contributed by atoms with Gasteiger partial charge in [0.15, 0.2) is 0 Å². The topological polar surface area (TPSA) is 52.7 Å². The van der Waals surface area contributed by atoms with Crippen LogP contribution >= 0.6 is 0 Å². The molecule has 1 heterocycles. The van der Waals surface area contributed by atoms with E-state index in [0.29, 0.717) is 18.8 Å². The van der Waals surface area contributed by atoms with Gasteiger partial charge in [-0.2, -0.15) is 0 Å². The maximum absolute atomic E-state index is 13.7. The van der Waals surface area contributed by atoms with Gasteiger partial charge >= 0.3 is 0 Å². The second-order valence-electron chi connectivity index (χ2n) is 6.95. The maximum atomic E-state index is 13.7. The average Bonchev–Trinajstić information content (AvgIpc) is 2.68. The molecule has 142 valence electrons. The monoisotopic (exact) mass is 369 g/mol. The van der Waals surface area contributed by atoms with Gasteiger partial charge in [0.25, 0.3) is 5.91 Å². The van der Waals surface area contributed by atoms with Gasteiger partial charge in [0, 0.05) is 43.5 Å². The summed E-state index contributed by atoms with van der Waals surface area (Å²) < 4.78 is 13.7. The number of nitrogens with zero attached hydrogens (tertiary/aromatic N) is 2. The van der Waals surface area contributed by atoms with Crippen molar-refractivity contribution >= 4 is 23.2 Å². The Morgan fingerprint density at radius 1 is 0.963 bits per heavy atom. The molecule has 1 aliphatic rings. The number of halogens is 1. The third kappa shape index (κ3) is 4.45. The summed E-state index contributed by atoms with van der Waals surface area (Å²) in [5.41, 5.74) is 1.67. The SMILES string of the molecule is CC(C)C(=O)N1CCN(c2ccc(NC(=O)c3ccccc3F)cc2)CC1. The lowest BCUT2D eigenvalue weighted by molar-refractivity contribution is -0.134. The Bertz CT molecular complexity index is 812. The van der Waals surface area contributed by atoms with Crippen LogP contribution in [0, 0.1) is 11.7 Å². The molecule has 0 spiro atoms. The van der Waals surface area contributed by atoms with Crippen molar-refractivity contribution in [3.05, 3.63) is 59.9 Å². The third-order valence-electron chi connectivity index (χ3n) is 4.69. The Labute approximate surface area is 158 Å². The van der Waals surface area contributed by atoms with E-state index >= 15 is 0 Å². The zero-order valence-corrected chi connectivity index (χ0v) is 15.6. The minimum Gasteiger partial charge on any atom is -0.368 e. The van der Waals surface area contributed by atoms with Crippen molar-refractivity contribution in [2.45, 2.75) is 13.8 Å². The van der Waals surface area contributed by atoms with Crippen molar-refractivity contribution in [2.24, 2.45) is 5.92 Å². The van der Waals surface area contributed by atoms with Crippen molar-refractivity contribution in [1.82, 2.24) is 4.90 Å². The van der Waals surface area contributed by atoms with Crippen LogP contribution in [0.2, 0.25) is 0 Å². The number of anilines is 2. The first-order valence-electron chi connectivity index (χ1n) is 9.15. The largest absolute Gasteiger partial charge is 0.368 e. The number of amides is 2. The van der Waals surface area contributed by atoms with Crippen LogP contribution in [0.1, 0.15) is 24.2 Å². The van der Waals surface area contributed by atoms with Gasteiger partial charge in [-0.15, -0.1) is 0 Å². The lowest BCUT2D eigenvalue weighted by Gasteiger charge is -2.37. The number of hydrogen-bond acceptors (Lipinski definition) is 3. The van der Waals surface area contributed by atoms with Crippen molar-refractivity contribution in [3.63, 3.8) is 0 Å². The van der Waals surface area contributed by atoms with Crippen LogP contribution in [0.5, 0.6) is 0 Å². The van der Waals surface area contributed by atoms with Gasteiger partial charge in [-0.3, -0.25) is 9.59 Å². The molecule has 6 heteroatoms. The highest BCUT2D eigenvalue weighted by atomic mass is 19.1. The molecular formula is C21H24FN3O2. The normalized spacial score (nSPS) is 14.4. The van der Waals surface area contributed by atoms with Gasteiger partial charge < -0.3 is 15.1 Å². The van der Waals surface area contributed by atoms with Gasteiger partial charge in [-0.05, 0) is 36.4 Å². The number of benzene rings is 2. The summed E-state index contributed by atoms with van der Waals surface area (Å²) in [4.78, 5) is 28.4. The van der Waals surface area contributed by atoms with E-state index in [9.17, 15) is 14.0 Å². The molecule has 1 aliphatic heterocycles. The summed E-state index contributed by atoms with van der Waals surface area (Å²) in [7, 11) is 0. The van der Waals surface area contributed by atoms with Crippen molar-refractivity contribution in [3.8, 4) is 0 Å². The lowest BCUT2D eigenvalue weighted by atomic mass is 10.1. The van der Waals surface area contributed by atoms with Crippen molar-refractivity contribution < 1.29 is 14.0 Å². The van der Waals surface area contributed by atoms with Crippen LogP contribution in [-0.4, -0.2) is 42.9 Å². The number of hydrogen-bond donors (Lipinski definition) is 1.